The number of piperidine rings is 1. The van der Waals surface area contributed by atoms with Crippen LogP contribution in [0.1, 0.15) is 32.6 Å². The lowest BCUT2D eigenvalue weighted by atomic mass is 10.1. The van der Waals surface area contributed by atoms with Crippen molar-refractivity contribution in [3.63, 3.8) is 0 Å². The molecule has 0 aliphatic carbocycles. The van der Waals surface area contributed by atoms with Crippen molar-refractivity contribution < 1.29 is 4.79 Å². The van der Waals surface area contributed by atoms with Gasteiger partial charge in [0.2, 0.25) is 5.91 Å². The molecule has 2 heterocycles. The fourth-order valence-electron chi connectivity index (χ4n) is 3.34. The van der Waals surface area contributed by atoms with Gasteiger partial charge in [0.15, 0.2) is 0 Å². The van der Waals surface area contributed by atoms with E-state index >= 15 is 0 Å². The summed E-state index contributed by atoms with van der Waals surface area (Å²) in [5, 5.41) is 2.95. The first-order valence-electron chi connectivity index (χ1n) is 8.72. The van der Waals surface area contributed by atoms with Crippen LogP contribution in [0, 0.1) is 0 Å². The van der Waals surface area contributed by atoms with E-state index in [1.165, 1.54) is 15.6 Å². The number of hydrogen-bond acceptors (Lipinski definition) is 4. The lowest BCUT2D eigenvalue weighted by Crippen LogP contribution is -2.39. The predicted octanol–water partition coefficient (Wildman–Crippen LogP) is 1.58. The van der Waals surface area contributed by atoms with Crippen LogP contribution >= 0.6 is 0 Å². The maximum absolute atomic E-state index is 12.1. The maximum Gasteiger partial charge on any atom is 0.316 e. The van der Waals surface area contributed by atoms with Crippen LogP contribution in [-0.4, -0.2) is 28.1 Å². The molecule has 0 saturated carbocycles. The topological polar surface area (TPSA) is 76.3 Å². The van der Waals surface area contributed by atoms with Crippen LogP contribution in [0.2, 0.25) is 0 Å². The summed E-state index contributed by atoms with van der Waals surface area (Å²) in [6.07, 6.45) is 3.79. The van der Waals surface area contributed by atoms with E-state index in [-0.39, 0.29) is 5.91 Å². The van der Waals surface area contributed by atoms with Crippen molar-refractivity contribution in [2.75, 3.05) is 23.3 Å². The Kier molecular flexibility index (Phi) is 4.65. The number of carbonyl (C=O) groups excluding carboxylic acids is 1. The van der Waals surface area contributed by atoms with Gasteiger partial charge in [0.05, 0.1) is 22.4 Å². The van der Waals surface area contributed by atoms with Gasteiger partial charge < -0.3 is 19.4 Å². The van der Waals surface area contributed by atoms with Gasteiger partial charge >= 0.3 is 11.1 Å². The Bertz CT molecular complexity index is 936. The number of aryl methyl sites for hydroxylation is 2. The Balaban J connectivity index is 2.27. The fraction of sp³-hybridized carbons (Fsp3) is 0.500. The first-order chi connectivity index (χ1) is 11.9. The molecule has 0 spiro atoms. The average molecular weight is 344 g/mol. The number of benzene rings is 1. The molecule has 134 valence electrons. The minimum atomic E-state index is -0.575. The zero-order valence-corrected chi connectivity index (χ0v) is 15.0. The van der Waals surface area contributed by atoms with E-state index in [0.717, 1.165) is 31.6 Å². The Morgan fingerprint density at radius 1 is 1.00 bits per heavy atom. The zero-order chi connectivity index (χ0) is 18.1. The summed E-state index contributed by atoms with van der Waals surface area (Å²) in [5.41, 5.74) is 1.78. The highest BCUT2D eigenvalue weighted by atomic mass is 16.2. The van der Waals surface area contributed by atoms with Crippen LogP contribution in [0.4, 0.5) is 11.4 Å². The van der Waals surface area contributed by atoms with E-state index in [1.54, 1.807) is 27.1 Å². The summed E-state index contributed by atoms with van der Waals surface area (Å²) >= 11 is 0. The van der Waals surface area contributed by atoms with Crippen molar-refractivity contribution in [2.45, 2.75) is 32.6 Å². The minimum Gasteiger partial charge on any atom is -0.370 e. The largest absolute Gasteiger partial charge is 0.370 e. The van der Waals surface area contributed by atoms with E-state index in [4.69, 9.17) is 0 Å². The number of aromatic nitrogens is 2. The molecule has 1 aromatic carbocycles. The van der Waals surface area contributed by atoms with E-state index < -0.39 is 11.1 Å². The maximum atomic E-state index is 12.1. The van der Waals surface area contributed by atoms with E-state index in [9.17, 15) is 14.4 Å². The first kappa shape index (κ1) is 17.3. The summed E-state index contributed by atoms with van der Waals surface area (Å²) in [6, 6.07) is 3.71. The molecule has 0 atom stereocenters. The number of carbonyl (C=O) groups is 1. The second kappa shape index (κ2) is 6.74. The molecule has 0 bridgehead atoms. The average Bonchev–Trinajstić information content (AvgIpc) is 2.64. The third-order valence-electron chi connectivity index (χ3n) is 4.90. The van der Waals surface area contributed by atoms with Gasteiger partial charge in [0, 0.05) is 33.6 Å². The molecule has 1 amide bonds. The number of hydrogen-bond donors (Lipinski definition) is 1. The predicted molar refractivity (Wildman–Crippen MR) is 99.4 cm³/mol. The molecular formula is C18H24N4O3. The van der Waals surface area contributed by atoms with Crippen molar-refractivity contribution in [3.8, 4) is 0 Å². The van der Waals surface area contributed by atoms with E-state index in [1.807, 2.05) is 6.07 Å². The molecule has 25 heavy (non-hydrogen) atoms. The van der Waals surface area contributed by atoms with Gasteiger partial charge in [0.25, 0.3) is 0 Å². The molecule has 1 N–H and O–H groups in total. The van der Waals surface area contributed by atoms with Gasteiger partial charge in [-0.3, -0.25) is 14.4 Å². The van der Waals surface area contributed by atoms with Crippen LogP contribution in [0.5, 0.6) is 0 Å². The second-order valence-corrected chi connectivity index (χ2v) is 6.54. The van der Waals surface area contributed by atoms with Crippen molar-refractivity contribution >= 4 is 28.3 Å². The number of anilines is 2. The minimum absolute atomic E-state index is 0.0765. The normalized spacial score (nSPS) is 14.8. The third-order valence-corrected chi connectivity index (χ3v) is 4.90. The van der Waals surface area contributed by atoms with Crippen molar-refractivity contribution in [1.29, 1.82) is 0 Å². The molecule has 2 aromatic rings. The summed E-state index contributed by atoms with van der Waals surface area (Å²) in [5.74, 6) is -0.0765. The lowest BCUT2D eigenvalue weighted by Gasteiger charge is -2.31. The molecule has 7 heteroatoms. The van der Waals surface area contributed by atoms with Crippen molar-refractivity contribution in [3.05, 3.63) is 32.8 Å². The number of rotatable bonds is 3. The van der Waals surface area contributed by atoms with Gasteiger partial charge in [-0.15, -0.1) is 0 Å². The summed E-state index contributed by atoms with van der Waals surface area (Å²) < 4.78 is 2.73. The summed E-state index contributed by atoms with van der Waals surface area (Å²) in [7, 11) is 3.19. The Morgan fingerprint density at radius 3 is 2.12 bits per heavy atom. The first-order valence-corrected chi connectivity index (χ1v) is 8.72. The number of nitrogens with zero attached hydrogens (tertiary/aromatic N) is 3. The molecular weight excluding hydrogens is 320 g/mol. The highest BCUT2D eigenvalue weighted by Crippen LogP contribution is 2.32. The van der Waals surface area contributed by atoms with Crippen LogP contribution in [0.15, 0.2) is 21.7 Å². The molecule has 1 saturated heterocycles. The van der Waals surface area contributed by atoms with Gasteiger partial charge in [-0.25, -0.2) is 0 Å². The molecule has 0 radical (unpaired) electrons. The summed E-state index contributed by atoms with van der Waals surface area (Å²) in [4.78, 5) is 38.5. The summed E-state index contributed by atoms with van der Waals surface area (Å²) in [6.45, 7) is 3.64. The Hall–Kier alpha value is -2.57. The molecule has 3 rings (SSSR count). The molecule has 1 aliphatic heterocycles. The van der Waals surface area contributed by atoms with Crippen LogP contribution in [0.3, 0.4) is 0 Å². The highest BCUT2D eigenvalue weighted by Gasteiger charge is 2.19. The Morgan fingerprint density at radius 2 is 1.56 bits per heavy atom. The molecule has 0 unspecified atom stereocenters. The van der Waals surface area contributed by atoms with Crippen LogP contribution in [-0.2, 0) is 18.9 Å². The molecule has 7 nitrogen and oxygen atoms in total. The number of amides is 1. The Labute approximate surface area is 145 Å². The second-order valence-electron chi connectivity index (χ2n) is 6.54. The van der Waals surface area contributed by atoms with Crippen LogP contribution in [0.25, 0.3) is 11.0 Å². The number of nitrogens with one attached hydrogen (secondary N) is 1. The smallest absolute Gasteiger partial charge is 0.316 e. The quantitative estimate of drug-likeness (QED) is 0.858. The van der Waals surface area contributed by atoms with Crippen molar-refractivity contribution in [2.24, 2.45) is 14.1 Å². The third kappa shape index (κ3) is 3.06. The van der Waals surface area contributed by atoms with Crippen molar-refractivity contribution in [1.82, 2.24) is 9.13 Å². The van der Waals surface area contributed by atoms with Crippen LogP contribution < -0.4 is 21.3 Å². The van der Waals surface area contributed by atoms with Gasteiger partial charge in [-0.1, -0.05) is 6.92 Å². The molecule has 1 aromatic heterocycles. The molecule has 1 fully saturated rings. The van der Waals surface area contributed by atoms with E-state index in [0.29, 0.717) is 23.1 Å². The van der Waals surface area contributed by atoms with Gasteiger partial charge in [-0.05, 0) is 31.4 Å². The SMILES string of the molecule is CCC(=O)Nc1cc2c(cc1N1CCCCC1)n(C)c(=O)c(=O)n2C. The van der Waals surface area contributed by atoms with Gasteiger partial charge in [0.1, 0.15) is 0 Å². The fourth-order valence-corrected chi connectivity index (χ4v) is 3.34. The highest BCUT2D eigenvalue weighted by molar-refractivity contribution is 5.98. The molecule has 1 aliphatic rings. The van der Waals surface area contributed by atoms with E-state index in [2.05, 4.69) is 10.2 Å². The lowest BCUT2D eigenvalue weighted by molar-refractivity contribution is -0.115. The zero-order valence-electron chi connectivity index (χ0n) is 15.0. The number of fused-ring (bicyclic) bond motifs is 1. The standard InChI is InChI=1S/C18H24N4O3/c1-4-16(23)19-12-10-14-15(21(3)18(25)17(24)20(14)2)11-13(12)22-8-6-5-7-9-22/h10-11H,4-9H2,1-3H3,(H,19,23). The van der Waals surface area contributed by atoms with Gasteiger partial charge in [-0.2, -0.15) is 0 Å². The monoisotopic (exact) mass is 344 g/mol.